The fourth-order valence-electron chi connectivity index (χ4n) is 11.6. The molecule has 3 saturated heterocycles. The largest absolute Gasteiger partial charge is 0.508 e. The molecule has 484 valence electrons. The van der Waals surface area contributed by atoms with Crippen molar-refractivity contribution in [1.29, 1.82) is 0 Å². The summed E-state index contributed by atoms with van der Waals surface area (Å²) in [5.41, 5.74) is 18.6. The number of guanidine groups is 1. The molecule has 11 amide bonds. The molecule has 4 aliphatic heterocycles. The maximum absolute atomic E-state index is 15.6. The average molecular weight is 1240 g/mol. The van der Waals surface area contributed by atoms with Crippen LogP contribution in [0.2, 0.25) is 0 Å². The Hall–Kier alpha value is -9.31. The molecule has 0 saturated carbocycles. The molecule has 0 bridgehead atoms. The molecule has 4 heterocycles. The molecule has 0 aromatic heterocycles. The third-order valence-electron chi connectivity index (χ3n) is 16.1. The molecule has 0 spiro atoms. The van der Waals surface area contributed by atoms with Gasteiger partial charge in [0, 0.05) is 37.0 Å². The second-order valence-corrected chi connectivity index (χ2v) is 24.0. The van der Waals surface area contributed by atoms with Crippen molar-refractivity contribution >= 4 is 82.6 Å². The molecular weight excluding hydrogens is 1150 g/mol. The minimum atomic E-state index is -1.80. The molecule has 10 atom stereocenters. The van der Waals surface area contributed by atoms with E-state index in [2.05, 4.69) is 52.8 Å². The van der Waals surface area contributed by atoms with Crippen LogP contribution in [0.25, 0.3) is 0 Å². The van der Waals surface area contributed by atoms with E-state index in [0.717, 1.165) is 16.8 Å². The number of aliphatic carboxylic acids is 1. The molecule has 29 heteroatoms. The number of benzene rings is 2. The number of aromatic hydroxyl groups is 1. The number of hydrogen-bond donors (Lipinski definition) is 14. The van der Waals surface area contributed by atoms with Crippen LogP contribution in [0.4, 0.5) is 5.69 Å². The van der Waals surface area contributed by atoms with Crippen LogP contribution < -0.4 is 65.1 Å². The van der Waals surface area contributed by atoms with Crippen molar-refractivity contribution in [2.24, 2.45) is 34.0 Å². The van der Waals surface area contributed by atoms with E-state index in [-0.39, 0.29) is 75.7 Å². The van der Waals surface area contributed by atoms with Gasteiger partial charge in [-0.1, -0.05) is 69.7 Å². The number of hydrogen-bond acceptors (Lipinski definition) is 15. The number of para-hydroxylation sites is 1. The number of aliphatic imine (C=N–C) groups is 1. The van der Waals surface area contributed by atoms with Gasteiger partial charge in [0.15, 0.2) is 5.96 Å². The first kappa shape index (κ1) is 68.8. The van der Waals surface area contributed by atoms with Crippen molar-refractivity contribution in [1.82, 2.24) is 52.3 Å². The fourth-order valence-corrected chi connectivity index (χ4v) is 11.6. The number of carboxylic acid groups (broad SMARTS) is 1. The number of nitrogens with zero attached hydrogens (tertiary/aromatic N) is 3. The van der Waals surface area contributed by atoms with Crippen LogP contribution >= 0.6 is 0 Å². The number of amides is 11. The number of allylic oxidation sites excluding steroid dienone is 2. The summed E-state index contributed by atoms with van der Waals surface area (Å²) >= 11 is 0. The number of nitrogens with one attached hydrogen (secondary N) is 9. The summed E-state index contributed by atoms with van der Waals surface area (Å²) in [6, 6.07) is 1.50. The summed E-state index contributed by atoms with van der Waals surface area (Å²) in [4.78, 5) is 176. The van der Waals surface area contributed by atoms with E-state index < -0.39 is 169 Å². The zero-order chi connectivity index (χ0) is 65.4. The topological polar surface area (TPSA) is 450 Å². The van der Waals surface area contributed by atoms with Crippen molar-refractivity contribution in [3.63, 3.8) is 0 Å². The van der Waals surface area contributed by atoms with Crippen molar-refractivity contribution in [3.05, 3.63) is 71.3 Å². The van der Waals surface area contributed by atoms with Crippen LogP contribution in [0.1, 0.15) is 117 Å². The Kier molecular flexibility index (Phi) is 24.0. The third-order valence-corrected chi connectivity index (χ3v) is 16.1. The quantitative estimate of drug-likeness (QED) is 0.0383. The van der Waals surface area contributed by atoms with Gasteiger partial charge in [0.05, 0.1) is 19.5 Å². The lowest BCUT2D eigenvalue weighted by molar-refractivity contribution is -0.146. The second kappa shape index (κ2) is 31.0. The number of fused-ring (bicyclic) bond motifs is 6. The molecule has 0 aliphatic carbocycles. The molecule has 0 radical (unpaired) electrons. The number of primary amides is 1. The standard InChI is InChI=1S/C60H85N15O14/c1-31(2)21-22-60-28-44-55(87)73-49(33(5)6)57(89)74-24-10-14-43(74)54(86)71-41(27-45(61)77)53(85)70-39(19-20-48(80)81)52(84)69-38(13-9-23-64-59(62)63)50(82)65-29-46(78)67-40(26-34-15-17-35(76)18-16-34)51(83)66-30-47(79)68-42(25-32(3)4)56(88)75(44)58(60)72-37-12-8-7-11-36(37)60/h7-8,11-12,15-18,21,32-33,38-44,49,58,72,76H,9-10,13-14,19-20,22-30H2,1-6H3,(H2,61,77)(H,65,82)(H,66,83)(H,67,78)(H,68,79)(H,69,84)(H,70,85)(H,71,86)(H,73,87)(H,80,81)(H4,62,63,64). The smallest absolute Gasteiger partial charge is 0.303 e. The van der Waals surface area contributed by atoms with Crippen molar-refractivity contribution in [3.8, 4) is 5.75 Å². The van der Waals surface area contributed by atoms with Gasteiger partial charge in [0.25, 0.3) is 0 Å². The normalized spacial score (nSPS) is 26.1. The van der Waals surface area contributed by atoms with Gasteiger partial charge in [-0.05, 0) is 106 Å². The number of nitrogens with two attached hydrogens (primary N) is 3. The zero-order valence-electron chi connectivity index (χ0n) is 51.0. The van der Waals surface area contributed by atoms with Crippen molar-refractivity contribution in [2.45, 2.75) is 172 Å². The summed E-state index contributed by atoms with van der Waals surface area (Å²) in [5.74, 6) is -12.5. The van der Waals surface area contributed by atoms with Crippen LogP contribution in [0.15, 0.2) is 65.2 Å². The highest BCUT2D eigenvalue weighted by Gasteiger charge is 2.61. The lowest BCUT2D eigenvalue weighted by atomic mass is 9.75. The average Bonchev–Trinajstić information content (AvgIpc) is 2.05. The SMILES string of the molecule is CC(C)=CCC12CC3C(=O)NC(C(C)C)C(=O)N4CCCC4C(=O)NC(CC(N)=O)C(=O)NC(CCC(=O)O)C(=O)NC(CCCN=C(N)N)C(=O)NCC(=O)NC(Cc4ccc(O)cc4)C(=O)NCC(=O)NC(CC(C)C)C(=O)N3C1Nc1ccccc12. The number of phenols is 1. The minimum absolute atomic E-state index is 0.0181. The summed E-state index contributed by atoms with van der Waals surface area (Å²) in [7, 11) is 0. The van der Waals surface area contributed by atoms with Crippen LogP contribution in [0.3, 0.4) is 0 Å². The number of phenolic OH excluding ortho intramolecular Hbond substituents is 1. The summed E-state index contributed by atoms with van der Waals surface area (Å²) < 4.78 is 0. The predicted octanol–water partition coefficient (Wildman–Crippen LogP) is -1.78. The Labute approximate surface area is 515 Å². The fraction of sp³-hybridized carbons (Fsp3) is 0.550. The Morgan fingerprint density at radius 1 is 0.697 bits per heavy atom. The first-order valence-corrected chi connectivity index (χ1v) is 29.9. The lowest BCUT2D eigenvalue weighted by Crippen LogP contribution is -2.62. The summed E-state index contributed by atoms with van der Waals surface area (Å²) in [6.07, 6.45) is -0.510. The molecule has 4 aliphatic rings. The number of rotatable bonds is 16. The first-order chi connectivity index (χ1) is 42.1. The van der Waals surface area contributed by atoms with Crippen LogP contribution in [0.5, 0.6) is 5.75 Å². The van der Waals surface area contributed by atoms with Crippen molar-refractivity contribution < 1.29 is 67.7 Å². The van der Waals surface area contributed by atoms with E-state index in [0.29, 0.717) is 12.0 Å². The van der Waals surface area contributed by atoms with E-state index in [1.807, 2.05) is 58.0 Å². The highest BCUT2D eigenvalue weighted by molar-refractivity contribution is 6.00. The van der Waals surface area contributed by atoms with Gasteiger partial charge >= 0.3 is 5.97 Å². The molecule has 6 rings (SSSR count). The molecule has 2 aromatic rings. The van der Waals surface area contributed by atoms with Gasteiger partial charge in [0.1, 0.15) is 60.3 Å². The lowest BCUT2D eigenvalue weighted by Gasteiger charge is -2.36. The highest BCUT2D eigenvalue weighted by Crippen LogP contribution is 2.53. The maximum Gasteiger partial charge on any atom is 0.303 e. The van der Waals surface area contributed by atoms with E-state index in [9.17, 15) is 58.2 Å². The van der Waals surface area contributed by atoms with E-state index in [1.54, 1.807) is 13.8 Å². The van der Waals surface area contributed by atoms with E-state index >= 15 is 9.59 Å². The minimum Gasteiger partial charge on any atom is -0.508 e. The Morgan fingerprint density at radius 2 is 1.29 bits per heavy atom. The number of anilines is 1. The van der Waals surface area contributed by atoms with Crippen LogP contribution in [-0.4, -0.2) is 178 Å². The van der Waals surface area contributed by atoms with Crippen LogP contribution in [-0.2, 0) is 69.4 Å². The van der Waals surface area contributed by atoms with Gasteiger partial charge in [0.2, 0.25) is 65.0 Å². The first-order valence-electron chi connectivity index (χ1n) is 29.9. The molecule has 29 nitrogen and oxygen atoms in total. The highest BCUT2D eigenvalue weighted by atomic mass is 16.4. The van der Waals surface area contributed by atoms with E-state index in [1.165, 1.54) is 34.1 Å². The number of carboxylic acids is 1. The third kappa shape index (κ3) is 18.4. The Morgan fingerprint density at radius 3 is 1.90 bits per heavy atom. The van der Waals surface area contributed by atoms with Gasteiger partial charge < -0.3 is 85.1 Å². The summed E-state index contributed by atoms with van der Waals surface area (Å²) in [6.45, 7) is 9.34. The molecule has 2 aromatic carbocycles. The summed E-state index contributed by atoms with van der Waals surface area (Å²) in [5, 5.41) is 43.7. The Bertz CT molecular complexity index is 3060. The zero-order valence-corrected chi connectivity index (χ0v) is 51.0. The monoisotopic (exact) mass is 1240 g/mol. The van der Waals surface area contributed by atoms with Gasteiger partial charge in [-0.15, -0.1) is 0 Å². The van der Waals surface area contributed by atoms with Gasteiger partial charge in [-0.2, -0.15) is 0 Å². The van der Waals surface area contributed by atoms with Gasteiger partial charge in [-0.25, -0.2) is 0 Å². The number of carbonyl (C=O) groups is 12. The van der Waals surface area contributed by atoms with Gasteiger partial charge in [-0.3, -0.25) is 62.5 Å². The molecular formula is C60H85N15O14. The molecule has 3 fully saturated rings. The second-order valence-electron chi connectivity index (χ2n) is 24.0. The molecule has 89 heavy (non-hydrogen) atoms. The predicted molar refractivity (Wildman–Crippen MR) is 324 cm³/mol. The van der Waals surface area contributed by atoms with Crippen molar-refractivity contribution in [2.75, 3.05) is 31.5 Å². The van der Waals surface area contributed by atoms with E-state index in [4.69, 9.17) is 17.2 Å². The maximum atomic E-state index is 15.6. The number of carbonyl (C=O) groups excluding carboxylic acids is 11. The Balaban J connectivity index is 1.42. The molecule has 17 N–H and O–H groups in total. The molecule has 10 unspecified atom stereocenters. The van der Waals surface area contributed by atoms with Crippen LogP contribution in [0, 0.1) is 11.8 Å².